The van der Waals surface area contributed by atoms with E-state index in [9.17, 15) is 9.59 Å². The topological polar surface area (TPSA) is 70.6 Å². The Kier molecular flexibility index (Phi) is 6.71. The van der Waals surface area contributed by atoms with Crippen molar-refractivity contribution in [3.8, 4) is 0 Å². The second-order valence-corrected chi connectivity index (χ2v) is 5.98. The third kappa shape index (κ3) is 5.72. The lowest BCUT2D eigenvalue weighted by Crippen LogP contribution is -2.33. The van der Waals surface area contributed by atoms with Gasteiger partial charge < -0.3 is 5.32 Å². The number of amides is 2. The summed E-state index contributed by atoms with van der Waals surface area (Å²) in [6, 6.07) is 14.8. The quantitative estimate of drug-likeness (QED) is 0.486. The van der Waals surface area contributed by atoms with Gasteiger partial charge in [0.15, 0.2) is 0 Å². The Morgan fingerprint density at radius 1 is 1.08 bits per heavy atom. The maximum atomic E-state index is 12.0. The Labute approximate surface area is 152 Å². The number of rotatable bonds is 5. The minimum Gasteiger partial charge on any atom is -0.317 e. The second-order valence-electron chi connectivity index (χ2n) is 5.55. The fraction of sp³-hybridized carbons (Fsp3) is 0.211. The number of nitrogens with zero attached hydrogens (tertiary/aromatic N) is 1. The normalized spacial score (nSPS) is 11.1. The van der Waals surface area contributed by atoms with Crippen LogP contribution < -0.4 is 10.7 Å². The molecular weight excluding hydrogens is 338 g/mol. The molecular formula is C19H20ClN3O2. The predicted octanol–water partition coefficient (Wildman–Crippen LogP) is 3.71. The molecule has 0 heterocycles. The Bertz CT molecular complexity index is 789. The summed E-state index contributed by atoms with van der Waals surface area (Å²) in [6.07, 6.45) is 1.29. The molecule has 0 aliphatic heterocycles. The average Bonchev–Trinajstić information content (AvgIpc) is 2.61. The van der Waals surface area contributed by atoms with Crippen molar-refractivity contribution in [1.29, 1.82) is 0 Å². The van der Waals surface area contributed by atoms with Gasteiger partial charge in [-0.3, -0.25) is 9.59 Å². The number of carbonyl (C=O) groups excluding carboxylic acids is 2. The monoisotopic (exact) mass is 357 g/mol. The number of hydrogen-bond acceptors (Lipinski definition) is 3. The van der Waals surface area contributed by atoms with Crippen LogP contribution in [0.3, 0.4) is 0 Å². The van der Waals surface area contributed by atoms with E-state index in [2.05, 4.69) is 15.8 Å². The molecule has 0 saturated heterocycles. The molecule has 6 heteroatoms. The first kappa shape index (κ1) is 18.7. The number of nitrogens with one attached hydrogen (secondary N) is 2. The van der Waals surface area contributed by atoms with Crippen molar-refractivity contribution in [2.24, 2.45) is 5.10 Å². The van der Waals surface area contributed by atoms with Crippen molar-refractivity contribution in [2.75, 3.05) is 5.32 Å². The molecule has 0 saturated carbocycles. The van der Waals surface area contributed by atoms with Crippen LogP contribution >= 0.6 is 11.6 Å². The third-order valence-electron chi connectivity index (χ3n) is 3.62. The van der Waals surface area contributed by atoms with Gasteiger partial charge in [0.2, 0.25) is 0 Å². The van der Waals surface area contributed by atoms with Gasteiger partial charge in [0, 0.05) is 22.8 Å². The predicted molar refractivity (Wildman–Crippen MR) is 101 cm³/mol. The molecule has 0 atom stereocenters. The summed E-state index contributed by atoms with van der Waals surface area (Å²) < 4.78 is 0. The smallest absolute Gasteiger partial charge is 0.317 e. The van der Waals surface area contributed by atoms with Crippen LogP contribution in [0.4, 0.5) is 5.69 Å². The second kappa shape index (κ2) is 8.99. The number of anilines is 1. The van der Waals surface area contributed by atoms with Gasteiger partial charge in [-0.25, -0.2) is 5.43 Å². The van der Waals surface area contributed by atoms with Crippen LogP contribution in [0.1, 0.15) is 24.5 Å². The first-order valence-corrected chi connectivity index (χ1v) is 8.34. The van der Waals surface area contributed by atoms with Gasteiger partial charge in [0.25, 0.3) is 0 Å². The highest BCUT2D eigenvalue weighted by Gasteiger charge is 2.14. The zero-order valence-corrected chi connectivity index (χ0v) is 14.9. The van der Waals surface area contributed by atoms with E-state index in [1.54, 1.807) is 25.1 Å². The van der Waals surface area contributed by atoms with E-state index in [1.165, 1.54) is 0 Å². The molecule has 2 N–H and O–H groups in total. The van der Waals surface area contributed by atoms with Crippen molar-refractivity contribution in [3.05, 3.63) is 64.7 Å². The Hall–Kier alpha value is -2.66. The highest BCUT2D eigenvalue weighted by molar-refractivity contribution is 6.39. The molecule has 0 bridgehead atoms. The van der Waals surface area contributed by atoms with Gasteiger partial charge in [-0.05, 0) is 42.7 Å². The molecule has 0 fully saturated rings. The van der Waals surface area contributed by atoms with Crippen molar-refractivity contribution >= 4 is 34.8 Å². The largest absolute Gasteiger partial charge is 0.329 e. The van der Waals surface area contributed by atoms with Crippen molar-refractivity contribution in [2.45, 2.75) is 26.7 Å². The summed E-state index contributed by atoms with van der Waals surface area (Å²) in [4.78, 5) is 23.9. The first-order valence-electron chi connectivity index (χ1n) is 7.96. The molecule has 2 aromatic carbocycles. The molecule has 2 amide bonds. The fourth-order valence-corrected chi connectivity index (χ4v) is 2.43. The summed E-state index contributed by atoms with van der Waals surface area (Å²) in [5.74, 6) is -1.59. The van der Waals surface area contributed by atoms with E-state index in [1.807, 2.05) is 37.3 Å². The highest BCUT2D eigenvalue weighted by atomic mass is 35.5. The zero-order valence-electron chi connectivity index (χ0n) is 14.2. The number of carbonyl (C=O) groups is 2. The summed E-state index contributed by atoms with van der Waals surface area (Å²) >= 11 is 5.87. The minimum atomic E-state index is -0.812. The van der Waals surface area contributed by atoms with Crippen LogP contribution in [0.5, 0.6) is 0 Å². The van der Waals surface area contributed by atoms with Gasteiger partial charge in [-0.2, -0.15) is 5.10 Å². The van der Waals surface area contributed by atoms with E-state index >= 15 is 0 Å². The van der Waals surface area contributed by atoms with E-state index in [-0.39, 0.29) is 0 Å². The van der Waals surface area contributed by atoms with Gasteiger partial charge in [0.1, 0.15) is 0 Å². The summed E-state index contributed by atoms with van der Waals surface area (Å²) in [5, 5.41) is 7.19. The zero-order chi connectivity index (χ0) is 18.2. The molecule has 0 aliphatic rings. The molecule has 2 aromatic rings. The fourth-order valence-electron chi connectivity index (χ4n) is 2.20. The van der Waals surface area contributed by atoms with Crippen molar-refractivity contribution in [3.63, 3.8) is 0 Å². The summed E-state index contributed by atoms with van der Waals surface area (Å²) in [6.45, 7) is 3.75. The maximum Gasteiger partial charge on any atom is 0.329 e. The first-order chi connectivity index (χ1) is 12.0. The molecule has 25 heavy (non-hydrogen) atoms. The van der Waals surface area contributed by atoms with Gasteiger partial charge in [-0.1, -0.05) is 48.9 Å². The lowest BCUT2D eigenvalue weighted by Gasteiger charge is -2.08. The molecule has 2 rings (SSSR count). The molecule has 130 valence electrons. The summed E-state index contributed by atoms with van der Waals surface area (Å²) in [5.41, 5.74) is 5.51. The number of halogens is 1. The molecule has 5 nitrogen and oxygen atoms in total. The van der Waals surface area contributed by atoms with Crippen LogP contribution in [0.25, 0.3) is 0 Å². The molecule has 0 radical (unpaired) electrons. The molecule has 0 unspecified atom stereocenters. The Morgan fingerprint density at radius 2 is 1.80 bits per heavy atom. The SMILES string of the molecule is CC/C(Cc1ccccc1)=N\NC(=O)C(=O)Nc1ccc(Cl)cc1C. The van der Waals surface area contributed by atoms with Crippen LogP contribution in [0.15, 0.2) is 53.6 Å². The van der Waals surface area contributed by atoms with Gasteiger partial charge in [-0.15, -0.1) is 0 Å². The van der Waals surface area contributed by atoms with E-state index < -0.39 is 11.8 Å². The number of aryl methyl sites for hydroxylation is 1. The van der Waals surface area contributed by atoms with Crippen molar-refractivity contribution < 1.29 is 9.59 Å². The van der Waals surface area contributed by atoms with Gasteiger partial charge >= 0.3 is 11.8 Å². The maximum absolute atomic E-state index is 12.0. The van der Waals surface area contributed by atoms with Crippen LogP contribution in [0.2, 0.25) is 5.02 Å². The van der Waals surface area contributed by atoms with Crippen LogP contribution in [-0.2, 0) is 16.0 Å². The van der Waals surface area contributed by atoms with Crippen molar-refractivity contribution in [1.82, 2.24) is 5.43 Å². The lowest BCUT2D eigenvalue weighted by molar-refractivity contribution is -0.136. The van der Waals surface area contributed by atoms with E-state index in [0.29, 0.717) is 23.6 Å². The Balaban J connectivity index is 1.96. The molecule has 0 aromatic heterocycles. The van der Waals surface area contributed by atoms with Gasteiger partial charge in [0.05, 0.1) is 0 Å². The number of benzene rings is 2. The minimum absolute atomic E-state index is 0.536. The van der Waals surface area contributed by atoms with E-state index in [0.717, 1.165) is 16.8 Å². The molecule has 0 aliphatic carbocycles. The Morgan fingerprint density at radius 3 is 2.44 bits per heavy atom. The van der Waals surface area contributed by atoms with E-state index in [4.69, 9.17) is 11.6 Å². The lowest BCUT2D eigenvalue weighted by atomic mass is 10.1. The number of hydrazone groups is 1. The highest BCUT2D eigenvalue weighted by Crippen LogP contribution is 2.19. The summed E-state index contributed by atoms with van der Waals surface area (Å²) in [7, 11) is 0. The third-order valence-corrected chi connectivity index (χ3v) is 3.85. The number of hydrogen-bond donors (Lipinski definition) is 2. The standard InChI is InChI=1S/C19H20ClN3O2/c1-3-16(12-14-7-5-4-6-8-14)22-23-19(25)18(24)21-17-10-9-15(20)11-13(17)2/h4-11H,3,12H2,1-2H3,(H,21,24)(H,23,25)/b22-16+. The van der Waals surface area contributed by atoms with Crippen LogP contribution in [-0.4, -0.2) is 17.5 Å². The molecule has 0 spiro atoms. The van der Waals surface area contributed by atoms with Crippen LogP contribution in [0, 0.1) is 6.92 Å². The average molecular weight is 358 g/mol.